The van der Waals surface area contributed by atoms with E-state index in [2.05, 4.69) is 6.07 Å². The highest BCUT2D eigenvalue weighted by molar-refractivity contribution is 7.21. The van der Waals surface area contributed by atoms with Crippen LogP contribution in [0, 0.1) is 0 Å². The van der Waals surface area contributed by atoms with E-state index < -0.39 is 0 Å². The van der Waals surface area contributed by atoms with Crippen molar-refractivity contribution in [2.24, 2.45) is 0 Å². The van der Waals surface area contributed by atoms with Gasteiger partial charge in [-0.2, -0.15) is 0 Å². The minimum Gasteiger partial charge on any atom is -0.457 e. The zero-order chi connectivity index (χ0) is 15.6. The summed E-state index contributed by atoms with van der Waals surface area (Å²) >= 11 is 1.62. The van der Waals surface area contributed by atoms with Gasteiger partial charge in [-0.1, -0.05) is 36.4 Å². The van der Waals surface area contributed by atoms with Crippen LogP contribution in [0.1, 0.15) is 0 Å². The van der Waals surface area contributed by atoms with Crippen molar-refractivity contribution in [1.82, 2.24) is 4.98 Å². The van der Waals surface area contributed by atoms with E-state index in [4.69, 9.17) is 15.5 Å². The quantitative estimate of drug-likeness (QED) is 0.519. The third-order valence-corrected chi connectivity index (χ3v) is 4.59. The van der Waals surface area contributed by atoms with Gasteiger partial charge in [-0.05, 0) is 36.4 Å². The number of nitrogens with two attached hydrogens (primary N) is 1. The second-order valence-electron chi connectivity index (χ2n) is 5.12. The van der Waals surface area contributed by atoms with Gasteiger partial charge in [-0.3, -0.25) is 0 Å². The summed E-state index contributed by atoms with van der Waals surface area (Å²) in [5.74, 6) is 1.50. The third kappa shape index (κ3) is 2.64. The Labute approximate surface area is 138 Å². The van der Waals surface area contributed by atoms with Gasteiger partial charge in [-0.15, -0.1) is 11.3 Å². The minimum atomic E-state index is 0.664. The SMILES string of the molecule is Nc1cccc(Oc2ccccc2)c1-c1nc2ccccc2s1. The molecule has 3 aromatic carbocycles. The minimum absolute atomic E-state index is 0.664. The highest BCUT2D eigenvalue weighted by Gasteiger charge is 2.15. The molecule has 1 aromatic heterocycles. The van der Waals surface area contributed by atoms with E-state index in [0.29, 0.717) is 5.69 Å². The lowest BCUT2D eigenvalue weighted by atomic mass is 10.1. The lowest BCUT2D eigenvalue weighted by Crippen LogP contribution is -1.94. The van der Waals surface area contributed by atoms with Gasteiger partial charge in [0.1, 0.15) is 16.5 Å². The van der Waals surface area contributed by atoms with Gasteiger partial charge in [0.25, 0.3) is 0 Å². The second kappa shape index (κ2) is 5.74. The maximum atomic E-state index is 6.22. The molecule has 0 aliphatic heterocycles. The molecule has 0 unspecified atom stereocenters. The molecule has 112 valence electrons. The zero-order valence-electron chi connectivity index (χ0n) is 12.3. The molecule has 0 radical (unpaired) electrons. The van der Waals surface area contributed by atoms with Crippen LogP contribution in [-0.2, 0) is 0 Å². The van der Waals surface area contributed by atoms with Crippen LogP contribution in [0.3, 0.4) is 0 Å². The number of nitrogen functional groups attached to an aromatic ring is 1. The van der Waals surface area contributed by atoms with Crippen LogP contribution >= 0.6 is 11.3 Å². The summed E-state index contributed by atoms with van der Waals surface area (Å²) in [6.07, 6.45) is 0. The standard InChI is InChI=1S/C19H14N2OS/c20-14-9-6-11-16(22-13-7-2-1-3-8-13)18(14)19-21-15-10-4-5-12-17(15)23-19/h1-12H,20H2. The van der Waals surface area contributed by atoms with Crippen molar-refractivity contribution in [3.63, 3.8) is 0 Å². The van der Waals surface area contributed by atoms with E-state index in [1.807, 2.05) is 66.7 Å². The molecule has 0 amide bonds. The average molecular weight is 318 g/mol. The lowest BCUT2D eigenvalue weighted by Gasteiger charge is -2.11. The highest BCUT2D eigenvalue weighted by atomic mass is 32.1. The number of nitrogens with zero attached hydrogens (tertiary/aromatic N) is 1. The van der Waals surface area contributed by atoms with Crippen LogP contribution in [0.2, 0.25) is 0 Å². The van der Waals surface area contributed by atoms with Crippen molar-refractivity contribution in [2.45, 2.75) is 0 Å². The summed E-state index contributed by atoms with van der Waals surface area (Å²) < 4.78 is 7.16. The molecule has 4 heteroatoms. The number of hydrogen-bond donors (Lipinski definition) is 1. The number of hydrogen-bond acceptors (Lipinski definition) is 4. The Balaban J connectivity index is 1.84. The van der Waals surface area contributed by atoms with Crippen LogP contribution in [0.25, 0.3) is 20.8 Å². The Hall–Kier alpha value is -2.85. The van der Waals surface area contributed by atoms with Crippen LogP contribution in [0.5, 0.6) is 11.5 Å². The highest BCUT2D eigenvalue weighted by Crippen LogP contribution is 2.41. The monoisotopic (exact) mass is 318 g/mol. The molecule has 0 atom stereocenters. The van der Waals surface area contributed by atoms with Crippen LogP contribution in [0.4, 0.5) is 5.69 Å². The van der Waals surface area contributed by atoms with E-state index in [9.17, 15) is 0 Å². The van der Waals surface area contributed by atoms with Gasteiger partial charge in [0.15, 0.2) is 0 Å². The predicted octanol–water partition coefficient (Wildman–Crippen LogP) is 5.34. The Bertz CT molecular complexity index is 930. The molecule has 2 N–H and O–H groups in total. The first kappa shape index (κ1) is 13.8. The van der Waals surface area contributed by atoms with Gasteiger partial charge in [0, 0.05) is 5.69 Å². The summed E-state index contributed by atoms with van der Waals surface area (Å²) in [6, 6.07) is 23.4. The summed E-state index contributed by atoms with van der Waals surface area (Å²) in [7, 11) is 0. The molecular weight excluding hydrogens is 304 g/mol. The molecular formula is C19H14N2OS. The number of rotatable bonds is 3. The Kier molecular flexibility index (Phi) is 3.44. The fraction of sp³-hybridized carbons (Fsp3) is 0. The van der Waals surface area contributed by atoms with Gasteiger partial charge in [0.05, 0.1) is 15.8 Å². The largest absolute Gasteiger partial charge is 0.457 e. The Morgan fingerprint density at radius 1 is 0.826 bits per heavy atom. The molecule has 4 aromatic rings. The fourth-order valence-corrected chi connectivity index (χ4v) is 3.49. The maximum Gasteiger partial charge on any atom is 0.139 e. The molecule has 23 heavy (non-hydrogen) atoms. The first-order valence-corrected chi connectivity index (χ1v) is 8.10. The number of aromatic nitrogens is 1. The molecule has 0 spiro atoms. The fourth-order valence-electron chi connectivity index (χ4n) is 2.46. The molecule has 1 heterocycles. The van der Waals surface area contributed by atoms with E-state index in [-0.39, 0.29) is 0 Å². The van der Waals surface area contributed by atoms with Crippen LogP contribution in [0.15, 0.2) is 72.8 Å². The molecule has 3 nitrogen and oxygen atoms in total. The number of thiazole rings is 1. The zero-order valence-corrected chi connectivity index (χ0v) is 13.1. The predicted molar refractivity (Wildman–Crippen MR) is 96.0 cm³/mol. The van der Waals surface area contributed by atoms with Gasteiger partial charge < -0.3 is 10.5 Å². The smallest absolute Gasteiger partial charge is 0.139 e. The first-order chi connectivity index (χ1) is 11.3. The van der Waals surface area contributed by atoms with Gasteiger partial charge in [-0.25, -0.2) is 4.98 Å². The molecule has 0 fully saturated rings. The molecule has 0 bridgehead atoms. The van der Waals surface area contributed by atoms with Crippen molar-refractivity contribution in [1.29, 1.82) is 0 Å². The first-order valence-electron chi connectivity index (χ1n) is 7.28. The molecule has 0 aliphatic rings. The maximum absolute atomic E-state index is 6.22. The summed E-state index contributed by atoms with van der Waals surface area (Å²) in [5.41, 5.74) is 8.70. The number of anilines is 1. The number of benzene rings is 3. The van der Waals surface area contributed by atoms with E-state index >= 15 is 0 Å². The molecule has 0 aliphatic carbocycles. The topological polar surface area (TPSA) is 48.1 Å². The van der Waals surface area contributed by atoms with Crippen molar-refractivity contribution >= 4 is 27.2 Å². The summed E-state index contributed by atoms with van der Waals surface area (Å²) in [4.78, 5) is 4.70. The van der Waals surface area contributed by atoms with Crippen molar-refractivity contribution in [3.8, 4) is 22.1 Å². The van der Waals surface area contributed by atoms with Gasteiger partial charge in [0.2, 0.25) is 0 Å². The average Bonchev–Trinajstić information content (AvgIpc) is 2.99. The van der Waals surface area contributed by atoms with Crippen LogP contribution < -0.4 is 10.5 Å². The molecule has 0 saturated carbocycles. The number of fused-ring (bicyclic) bond motifs is 1. The second-order valence-corrected chi connectivity index (χ2v) is 6.15. The Morgan fingerprint density at radius 2 is 1.61 bits per heavy atom. The van der Waals surface area contributed by atoms with Crippen molar-refractivity contribution in [3.05, 3.63) is 72.8 Å². The van der Waals surface area contributed by atoms with Gasteiger partial charge >= 0.3 is 0 Å². The van der Waals surface area contributed by atoms with Crippen molar-refractivity contribution < 1.29 is 4.74 Å². The lowest BCUT2D eigenvalue weighted by molar-refractivity contribution is 0.485. The number of ether oxygens (including phenoxy) is 1. The summed E-state index contributed by atoms with van der Waals surface area (Å²) in [5, 5.41) is 0.871. The third-order valence-electron chi connectivity index (χ3n) is 3.54. The summed E-state index contributed by atoms with van der Waals surface area (Å²) in [6.45, 7) is 0. The van der Waals surface area contributed by atoms with E-state index in [1.54, 1.807) is 11.3 Å². The van der Waals surface area contributed by atoms with E-state index in [0.717, 1.165) is 32.3 Å². The van der Waals surface area contributed by atoms with Crippen LogP contribution in [-0.4, -0.2) is 4.98 Å². The molecule has 0 saturated heterocycles. The molecule has 4 rings (SSSR count). The van der Waals surface area contributed by atoms with E-state index in [1.165, 1.54) is 0 Å². The Morgan fingerprint density at radius 3 is 2.43 bits per heavy atom. The number of para-hydroxylation sites is 2. The van der Waals surface area contributed by atoms with Crippen molar-refractivity contribution in [2.75, 3.05) is 5.73 Å². The normalized spacial score (nSPS) is 10.8.